The number of hydrogen-bond donors (Lipinski definition) is 1. The van der Waals surface area contributed by atoms with Gasteiger partial charge in [-0.2, -0.15) is 10.4 Å². The minimum atomic E-state index is 0.415. The van der Waals surface area contributed by atoms with Gasteiger partial charge in [-0.15, -0.1) is 0 Å². The lowest BCUT2D eigenvalue weighted by Crippen LogP contribution is -1.96. The third kappa shape index (κ3) is 2.47. The molecule has 0 saturated heterocycles. The van der Waals surface area contributed by atoms with Crippen molar-refractivity contribution in [1.29, 1.82) is 5.26 Å². The number of methoxy groups -OCH3 is 1. The summed E-state index contributed by atoms with van der Waals surface area (Å²) in [4.78, 5) is 4.62. The zero-order chi connectivity index (χ0) is 17.4. The zero-order valence-electron chi connectivity index (χ0n) is 13.1. The molecular weight excluding hydrogens is 384 g/mol. The zero-order valence-corrected chi connectivity index (χ0v) is 14.7. The van der Waals surface area contributed by atoms with Crippen molar-refractivity contribution in [3.63, 3.8) is 0 Å². The monoisotopic (exact) mass is 394 g/mol. The summed E-state index contributed by atoms with van der Waals surface area (Å²) in [5.41, 5.74) is 2.93. The van der Waals surface area contributed by atoms with Crippen LogP contribution in [-0.4, -0.2) is 22.3 Å². The fourth-order valence-electron chi connectivity index (χ4n) is 2.76. The summed E-state index contributed by atoms with van der Waals surface area (Å²) in [5, 5.41) is 17.5. The van der Waals surface area contributed by atoms with E-state index in [1.807, 2.05) is 24.3 Å². The summed E-state index contributed by atoms with van der Waals surface area (Å²) >= 11 is 3.53. The number of benzene rings is 1. The van der Waals surface area contributed by atoms with Gasteiger partial charge < -0.3 is 9.15 Å². The van der Waals surface area contributed by atoms with Gasteiger partial charge in [0, 0.05) is 15.6 Å². The van der Waals surface area contributed by atoms with Crippen LogP contribution >= 0.6 is 15.9 Å². The highest BCUT2D eigenvalue weighted by molar-refractivity contribution is 9.10. The molecule has 0 fully saturated rings. The Morgan fingerprint density at radius 3 is 2.92 bits per heavy atom. The second kappa shape index (κ2) is 6.07. The first-order valence-electron chi connectivity index (χ1n) is 7.38. The van der Waals surface area contributed by atoms with Crippen molar-refractivity contribution >= 4 is 27.0 Å². The number of furan rings is 1. The topological polar surface area (TPSA) is 87.7 Å². The third-order valence-corrected chi connectivity index (χ3v) is 4.60. The van der Waals surface area contributed by atoms with E-state index in [1.165, 1.54) is 0 Å². The average Bonchev–Trinajstić information content (AvgIpc) is 3.32. The molecule has 0 unspecified atom stereocenters. The summed E-state index contributed by atoms with van der Waals surface area (Å²) in [5.74, 6) is 1.26. The van der Waals surface area contributed by atoms with Crippen LogP contribution in [0.5, 0.6) is 5.75 Å². The van der Waals surface area contributed by atoms with Gasteiger partial charge in [-0.1, -0.05) is 15.9 Å². The van der Waals surface area contributed by atoms with Crippen molar-refractivity contribution < 1.29 is 9.15 Å². The number of H-pyrrole nitrogens is 1. The van der Waals surface area contributed by atoms with Crippen LogP contribution in [0.2, 0.25) is 0 Å². The van der Waals surface area contributed by atoms with Crippen LogP contribution in [0.15, 0.2) is 51.7 Å². The fraction of sp³-hybridized carbons (Fsp3) is 0.0556. The van der Waals surface area contributed by atoms with Gasteiger partial charge in [0.2, 0.25) is 0 Å². The molecule has 1 aromatic carbocycles. The quantitative estimate of drug-likeness (QED) is 0.551. The van der Waals surface area contributed by atoms with Crippen LogP contribution in [0.3, 0.4) is 0 Å². The predicted molar refractivity (Wildman–Crippen MR) is 96.0 cm³/mol. The summed E-state index contributed by atoms with van der Waals surface area (Å²) in [7, 11) is 1.60. The molecule has 3 heterocycles. The fourth-order valence-corrected chi connectivity index (χ4v) is 3.20. The van der Waals surface area contributed by atoms with E-state index in [0.717, 1.165) is 15.4 Å². The molecule has 1 N–H and O–H groups in total. The minimum absolute atomic E-state index is 0.415. The molecule has 25 heavy (non-hydrogen) atoms. The first kappa shape index (κ1) is 15.4. The molecule has 4 aromatic rings. The highest BCUT2D eigenvalue weighted by Crippen LogP contribution is 2.39. The van der Waals surface area contributed by atoms with E-state index in [2.05, 4.69) is 37.2 Å². The molecule has 0 bridgehead atoms. The Morgan fingerprint density at radius 1 is 1.32 bits per heavy atom. The lowest BCUT2D eigenvalue weighted by molar-refractivity contribution is 0.415. The number of aromatic nitrogens is 3. The van der Waals surface area contributed by atoms with E-state index in [9.17, 15) is 5.26 Å². The van der Waals surface area contributed by atoms with Crippen molar-refractivity contribution in [3.8, 4) is 34.4 Å². The molecular formula is C18H11BrN4O2. The number of fused-ring (bicyclic) bond motifs is 1. The smallest absolute Gasteiger partial charge is 0.156 e. The van der Waals surface area contributed by atoms with Gasteiger partial charge in [0.05, 0.1) is 36.2 Å². The summed E-state index contributed by atoms with van der Waals surface area (Å²) in [6.07, 6.45) is 3.22. The summed E-state index contributed by atoms with van der Waals surface area (Å²) in [6.45, 7) is 0. The van der Waals surface area contributed by atoms with Crippen LogP contribution in [0.25, 0.3) is 33.6 Å². The lowest BCUT2D eigenvalue weighted by Gasteiger charge is -2.11. The Labute approximate surface area is 151 Å². The second-order valence-corrected chi connectivity index (χ2v) is 6.13. The lowest BCUT2D eigenvalue weighted by atomic mass is 9.98. The molecule has 0 saturated carbocycles. The molecule has 3 aromatic heterocycles. The number of nitrogens with one attached hydrogen (secondary N) is 1. The molecule has 0 spiro atoms. The molecule has 7 heteroatoms. The largest absolute Gasteiger partial charge is 0.497 e. The number of pyridine rings is 1. The molecule has 0 aliphatic rings. The van der Waals surface area contributed by atoms with E-state index in [0.29, 0.717) is 34.0 Å². The normalized spacial score (nSPS) is 10.8. The van der Waals surface area contributed by atoms with E-state index in [-0.39, 0.29) is 0 Å². The highest BCUT2D eigenvalue weighted by Gasteiger charge is 2.22. The molecule has 0 aliphatic carbocycles. The molecule has 0 aliphatic heterocycles. The maximum Gasteiger partial charge on any atom is 0.156 e. The van der Waals surface area contributed by atoms with Crippen molar-refractivity contribution in [2.75, 3.05) is 7.11 Å². The molecule has 4 rings (SSSR count). The molecule has 6 nitrogen and oxygen atoms in total. The number of hydrogen-bond acceptors (Lipinski definition) is 5. The van der Waals surface area contributed by atoms with Gasteiger partial charge >= 0.3 is 0 Å². The average molecular weight is 395 g/mol. The van der Waals surface area contributed by atoms with Crippen molar-refractivity contribution in [2.45, 2.75) is 0 Å². The van der Waals surface area contributed by atoms with Gasteiger partial charge in [0.1, 0.15) is 17.6 Å². The standard InChI is InChI=1S/C18H11BrN4O2/c1-24-10-4-5-14(19)11(7-10)17-12(8-20)16(15-3-2-6-25-15)13-9-21-23-18(13)22-17/h2-7,9H,1H3,(H,21,22,23). The SMILES string of the molecule is COc1ccc(Br)c(-c2nc3[nH]ncc3c(-c3ccco3)c2C#N)c1. The third-order valence-electron chi connectivity index (χ3n) is 3.91. The Hall–Kier alpha value is -3.11. The van der Waals surface area contributed by atoms with Gasteiger partial charge in [0.15, 0.2) is 5.65 Å². The number of rotatable bonds is 3. The number of halogens is 1. The Balaban J connectivity index is 2.11. The van der Waals surface area contributed by atoms with Crippen LogP contribution < -0.4 is 4.74 Å². The van der Waals surface area contributed by atoms with Crippen molar-refractivity contribution in [3.05, 3.63) is 52.8 Å². The van der Waals surface area contributed by atoms with Crippen LogP contribution in [0.1, 0.15) is 5.56 Å². The predicted octanol–water partition coefficient (Wildman–Crippen LogP) is 4.53. The Morgan fingerprint density at radius 2 is 2.20 bits per heavy atom. The highest BCUT2D eigenvalue weighted by atomic mass is 79.9. The Bertz CT molecular complexity index is 1110. The Kier molecular flexibility index (Phi) is 3.75. The maximum absolute atomic E-state index is 9.86. The molecule has 0 atom stereocenters. The van der Waals surface area contributed by atoms with E-state index >= 15 is 0 Å². The van der Waals surface area contributed by atoms with Crippen LogP contribution in [0.4, 0.5) is 0 Å². The molecule has 0 amide bonds. The number of nitrogens with zero attached hydrogens (tertiary/aromatic N) is 3. The van der Waals surface area contributed by atoms with Crippen LogP contribution in [-0.2, 0) is 0 Å². The first-order valence-corrected chi connectivity index (χ1v) is 8.17. The van der Waals surface area contributed by atoms with Crippen LogP contribution in [0, 0.1) is 11.3 Å². The second-order valence-electron chi connectivity index (χ2n) is 5.28. The van der Waals surface area contributed by atoms with E-state index in [1.54, 1.807) is 25.6 Å². The van der Waals surface area contributed by atoms with E-state index in [4.69, 9.17) is 9.15 Å². The van der Waals surface area contributed by atoms with Gasteiger partial charge in [-0.25, -0.2) is 4.98 Å². The molecule has 0 radical (unpaired) electrons. The summed E-state index contributed by atoms with van der Waals surface area (Å²) in [6, 6.07) is 11.4. The van der Waals surface area contributed by atoms with Crippen molar-refractivity contribution in [1.82, 2.24) is 15.2 Å². The first-order chi connectivity index (χ1) is 12.2. The number of ether oxygens (including phenoxy) is 1. The minimum Gasteiger partial charge on any atom is -0.497 e. The van der Waals surface area contributed by atoms with Gasteiger partial charge in [-0.05, 0) is 30.3 Å². The van der Waals surface area contributed by atoms with Gasteiger partial charge in [-0.3, -0.25) is 5.10 Å². The summed E-state index contributed by atoms with van der Waals surface area (Å²) < 4.78 is 11.7. The van der Waals surface area contributed by atoms with Gasteiger partial charge in [0.25, 0.3) is 0 Å². The number of nitriles is 1. The maximum atomic E-state index is 9.86. The van der Waals surface area contributed by atoms with Crippen molar-refractivity contribution in [2.24, 2.45) is 0 Å². The number of aromatic amines is 1. The van der Waals surface area contributed by atoms with E-state index < -0.39 is 0 Å². The molecule has 122 valence electrons.